The molecule has 0 saturated heterocycles. The van der Waals surface area contributed by atoms with Crippen molar-refractivity contribution in [2.45, 2.75) is 6.36 Å². The van der Waals surface area contributed by atoms with Crippen LogP contribution in [0.15, 0.2) is 42.5 Å². The van der Waals surface area contributed by atoms with Crippen molar-refractivity contribution in [3.05, 3.63) is 48.0 Å². The molecule has 2 aromatic rings. The monoisotopic (exact) mass is 298 g/mol. The van der Waals surface area contributed by atoms with Gasteiger partial charge in [0.25, 0.3) is 0 Å². The number of carboxylic acids is 1. The fourth-order valence-corrected chi connectivity index (χ4v) is 1.76. The molecule has 7 heteroatoms. The Morgan fingerprint density at radius 2 is 1.71 bits per heavy atom. The topological polar surface area (TPSA) is 66.8 Å². The molecule has 2 N–H and O–H groups in total. The lowest BCUT2D eigenvalue weighted by Crippen LogP contribution is -2.17. The standard InChI is InChI=1S/C14H9F3O4/c15-14(16,17)21-10-3-1-2-8(6-10)9-4-5-11(13(19)20)12(18)7-9/h1-7,18H,(H,19,20). The van der Waals surface area contributed by atoms with E-state index in [9.17, 15) is 23.1 Å². The molecule has 0 aliphatic carbocycles. The second kappa shape index (κ2) is 5.35. The summed E-state index contributed by atoms with van der Waals surface area (Å²) < 4.78 is 40.3. The van der Waals surface area contributed by atoms with Crippen molar-refractivity contribution in [3.8, 4) is 22.6 Å². The number of rotatable bonds is 3. The average Bonchev–Trinajstić information content (AvgIpc) is 2.36. The number of hydrogen-bond acceptors (Lipinski definition) is 3. The molecule has 2 aromatic carbocycles. The van der Waals surface area contributed by atoms with Crippen molar-refractivity contribution in [2.24, 2.45) is 0 Å². The molecule has 0 heterocycles. The van der Waals surface area contributed by atoms with Gasteiger partial charge in [0, 0.05) is 0 Å². The molecule has 0 aromatic heterocycles. The summed E-state index contributed by atoms with van der Waals surface area (Å²) in [5.41, 5.74) is 0.426. The van der Waals surface area contributed by atoms with Gasteiger partial charge in [-0.25, -0.2) is 4.79 Å². The van der Waals surface area contributed by atoms with E-state index in [2.05, 4.69) is 4.74 Å². The Morgan fingerprint density at radius 3 is 2.29 bits per heavy atom. The van der Waals surface area contributed by atoms with Crippen LogP contribution in [0.25, 0.3) is 11.1 Å². The minimum atomic E-state index is -4.80. The van der Waals surface area contributed by atoms with Crippen LogP contribution in [-0.2, 0) is 0 Å². The van der Waals surface area contributed by atoms with Gasteiger partial charge in [0.05, 0.1) is 0 Å². The van der Waals surface area contributed by atoms with Crippen molar-refractivity contribution in [1.82, 2.24) is 0 Å². The number of halogens is 3. The number of benzene rings is 2. The summed E-state index contributed by atoms with van der Waals surface area (Å²) in [7, 11) is 0. The fourth-order valence-electron chi connectivity index (χ4n) is 1.76. The highest BCUT2D eigenvalue weighted by Gasteiger charge is 2.31. The van der Waals surface area contributed by atoms with Crippen molar-refractivity contribution in [1.29, 1.82) is 0 Å². The first-order chi connectivity index (χ1) is 9.76. The minimum Gasteiger partial charge on any atom is -0.507 e. The summed E-state index contributed by atoms with van der Waals surface area (Å²) in [6.45, 7) is 0. The second-order valence-corrected chi connectivity index (χ2v) is 4.11. The maximum absolute atomic E-state index is 12.2. The first kappa shape index (κ1) is 14.7. The molecule has 0 unspecified atom stereocenters. The first-order valence-electron chi connectivity index (χ1n) is 5.69. The molecule has 0 aliphatic heterocycles. The normalized spacial score (nSPS) is 11.2. The molecule has 110 valence electrons. The summed E-state index contributed by atoms with van der Waals surface area (Å²) in [5, 5.41) is 18.4. The predicted molar refractivity (Wildman–Crippen MR) is 67.2 cm³/mol. The zero-order chi connectivity index (χ0) is 15.6. The molecule has 2 rings (SSSR count). The number of carboxylic acid groups (broad SMARTS) is 1. The van der Waals surface area contributed by atoms with E-state index < -0.39 is 23.8 Å². The molecule has 0 amide bonds. The van der Waals surface area contributed by atoms with Gasteiger partial charge in [-0.2, -0.15) is 0 Å². The summed E-state index contributed by atoms with van der Waals surface area (Å²) in [4.78, 5) is 10.8. The molecule has 0 spiro atoms. The fraction of sp³-hybridized carbons (Fsp3) is 0.0714. The van der Waals surface area contributed by atoms with E-state index in [1.807, 2.05) is 0 Å². The van der Waals surface area contributed by atoms with Crippen molar-refractivity contribution in [2.75, 3.05) is 0 Å². The van der Waals surface area contributed by atoms with Crippen LogP contribution < -0.4 is 4.74 Å². The molecule has 0 fully saturated rings. The van der Waals surface area contributed by atoms with Crippen LogP contribution in [-0.4, -0.2) is 22.5 Å². The highest BCUT2D eigenvalue weighted by molar-refractivity contribution is 5.91. The smallest absolute Gasteiger partial charge is 0.507 e. The van der Waals surface area contributed by atoms with Crippen LogP contribution in [0.4, 0.5) is 13.2 Å². The third-order valence-corrected chi connectivity index (χ3v) is 2.63. The Balaban J connectivity index is 2.36. The van der Waals surface area contributed by atoms with Gasteiger partial charge in [-0.3, -0.25) is 0 Å². The van der Waals surface area contributed by atoms with Gasteiger partial charge < -0.3 is 14.9 Å². The van der Waals surface area contributed by atoms with Crippen molar-refractivity contribution in [3.63, 3.8) is 0 Å². The van der Waals surface area contributed by atoms with Gasteiger partial charge in [0.2, 0.25) is 0 Å². The highest BCUT2D eigenvalue weighted by atomic mass is 19.4. The Kier molecular flexibility index (Phi) is 3.75. The van der Waals surface area contributed by atoms with Crippen LogP contribution in [0.3, 0.4) is 0 Å². The third-order valence-electron chi connectivity index (χ3n) is 2.63. The van der Waals surface area contributed by atoms with Gasteiger partial charge >= 0.3 is 12.3 Å². The molecule has 0 saturated carbocycles. The number of phenols is 1. The van der Waals surface area contributed by atoms with Gasteiger partial charge in [0.1, 0.15) is 17.1 Å². The van der Waals surface area contributed by atoms with Gasteiger partial charge in [-0.1, -0.05) is 18.2 Å². The zero-order valence-corrected chi connectivity index (χ0v) is 10.4. The number of hydrogen-bond donors (Lipinski definition) is 2. The van der Waals surface area contributed by atoms with E-state index in [4.69, 9.17) is 5.11 Å². The maximum Gasteiger partial charge on any atom is 0.573 e. The Morgan fingerprint density at radius 1 is 1.05 bits per heavy atom. The van der Waals surface area contributed by atoms with Crippen LogP contribution in [0.2, 0.25) is 0 Å². The lowest BCUT2D eigenvalue weighted by Gasteiger charge is -2.10. The second-order valence-electron chi connectivity index (χ2n) is 4.11. The van der Waals surface area contributed by atoms with Crippen molar-refractivity contribution < 1.29 is 32.9 Å². The minimum absolute atomic E-state index is 0.290. The van der Waals surface area contributed by atoms with E-state index >= 15 is 0 Å². The largest absolute Gasteiger partial charge is 0.573 e. The summed E-state index contributed by atoms with van der Waals surface area (Å²) >= 11 is 0. The molecule has 0 radical (unpaired) electrons. The zero-order valence-electron chi connectivity index (χ0n) is 10.4. The predicted octanol–water partition coefficient (Wildman–Crippen LogP) is 3.66. The van der Waals surface area contributed by atoms with Gasteiger partial charge in [-0.05, 0) is 35.4 Å². The molecule has 0 aliphatic rings. The summed E-state index contributed by atoms with van der Waals surface area (Å²) in [5.74, 6) is -2.17. The summed E-state index contributed by atoms with van der Waals surface area (Å²) in [6, 6.07) is 8.87. The maximum atomic E-state index is 12.2. The molecular weight excluding hydrogens is 289 g/mol. The number of aromatic hydroxyl groups is 1. The first-order valence-corrected chi connectivity index (χ1v) is 5.69. The number of carbonyl (C=O) groups is 1. The molecule has 4 nitrogen and oxygen atoms in total. The average molecular weight is 298 g/mol. The lowest BCUT2D eigenvalue weighted by atomic mass is 10.0. The van der Waals surface area contributed by atoms with Crippen molar-refractivity contribution >= 4 is 5.97 Å². The van der Waals surface area contributed by atoms with E-state index in [0.29, 0.717) is 11.1 Å². The molecular formula is C14H9F3O4. The number of alkyl halides is 3. The van der Waals surface area contributed by atoms with Crippen LogP contribution in [0.5, 0.6) is 11.5 Å². The quantitative estimate of drug-likeness (QED) is 0.907. The Hall–Kier alpha value is -2.70. The van der Waals surface area contributed by atoms with Crippen LogP contribution >= 0.6 is 0 Å². The van der Waals surface area contributed by atoms with E-state index in [-0.39, 0.29) is 5.56 Å². The van der Waals surface area contributed by atoms with Gasteiger partial charge in [0.15, 0.2) is 0 Å². The van der Waals surface area contributed by atoms with E-state index in [0.717, 1.165) is 18.2 Å². The number of ether oxygens (including phenoxy) is 1. The van der Waals surface area contributed by atoms with Crippen LogP contribution in [0, 0.1) is 0 Å². The molecule has 0 atom stereocenters. The van der Waals surface area contributed by atoms with E-state index in [1.54, 1.807) is 0 Å². The highest BCUT2D eigenvalue weighted by Crippen LogP contribution is 2.30. The summed E-state index contributed by atoms with van der Waals surface area (Å²) in [6.07, 6.45) is -4.80. The Labute approximate surface area is 117 Å². The molecule has 21 heavy (non-hydrogen) atoms. The Bertz CT molecular complexity index is 680. The third kappa shape index (κ3) is 3.65. The number of aromatic carboxylic acids is 1. The van der Waals surface area contributed by atoms with Crippen LogP contribution in [0.1, 0.15) is 10.4 Å². The van der Waals surface area contributed by atoms with E-state index in [1.165, 1.54) is 24.3 Å². The lowest BCUT2D eigenvalue weighted by molar-refractivity contribution is -0.274. The SMILES string of the molecule is O=C(O)c1ccc(-c2cccc(OC(F)(F)F)c2)cc1O. The van der Waals surface area contributed by atoms with Gasteiger partial charge in [-0.15, -0.1) is 13.2 Å². The molecule has 0 bridgehead atoms.